The molecule has 0 bridgehead atoms. The third-order valence-corrected chi connectivity index (χ3v) is 2.37. The molecule has 3 nitrogen and oxygen atoms in total. The number of ether oxygens (including phenoxy) is 1. The van der Waals surface area contributed by atoms with Crippen LogP contribution >= 0.6 is 11.3 Å². The van der Waals surface area contributed by atoms with Crippen LogP contribution in [0.3, 0.4) is 0 Å². The number of nitrogens with zero attached hydrogens (tertiary/aromatic N) is 1. The van der Waals surface area contributed by atoms with E-state index in [9.17, 15) is 4.79 Å². The number of carbonyl (C=O) groups is 1. The van der Waals surface area contributed by atoms with Gasteiger partial charge in [-0.3, -0.25) is 4.79 Å². The molecule has 1 heterocycles. The molecule has 1 unspecified atom stereocenters. The fourth-order valence-corrected chi connectivity index (χ4v) is 1.65. The van der Waals surface area contributed by atoms with Crippen molar-refractivity contribution < 1.29 is 9.53 Å². The monoisotopic (exact) mass is 185 g/mol. The minimum Gasteiger partial charge on any atom is -0.469 e. The predicted molar refractivity (Wildman–Crippen MR) is 47.0 cm³/mol. The summed E-state index contributed by atoms with van der Waals surface area (Å²) in [5, 5.41) is 2.88. The summed E-state index contributed by atoms with van der Waals surface area (Å²) in [7, 11) is 1.40. The third kappa shape index (κ3) is 2.30. The van der Waals surface area contributed by atoms with Gasteiger partial charge in [-0.1, -0.05) is 6.92 Å². The molecule has 0 aliphatic carbocycles. The van der Waals surface area contributed by atoms with E-state index < -0.39 is 0 Å². The molecule has 0 fully saturated rings. The van der Waals surface area contributed by atoms with Crippen molar-refractivity contribution in [1.29, 1.82) is 0 Å². The molecule has 4 heteroatoms. The molecule has 0 aromatic carbocycles. The molecule has 0 N–H and O–H groups in total. The maximum absolute atomic E-state index is 11.0. The van der Waals surface area contributed by atoms with Gasteiger partial charge in [-0.15, -0.1) is 11.3 Å². The number of methoxy groups -OCH3 is 1. The van der Waals surface area contributed by atoms with Crippen LogP contribution in [0.1, 0.15) is 11.9 Å². The summed E-state index contributed by atoms with van der Waals surface area (Å²) in [5.74, 6) is -0.272. The van der Waals surface area contributed by atoms with Crippen LogP contribution in [0, 0.1) is 5.92 Å². The van der Waals surface area contributed by atoms with E-state index >= 15 is 0 Å². The van der Waals surface area contributed by atoms with E-state index in [0.29, 0.717) is 6.42 Å². The fourth-order valence-electron chi connectivity index (χ4n) is 0.900. The van der Waals surface area contributed by atoms with Crippen LogP contribution in [-0.2, 0) is 16.0 Å². The second-order valence-electron chi connectivity index (χ2n) is 2.55. The molecular formula is C8H11NO2S. The van der Waals surface area contributed by atoms with Crippen LogP contribution in [0.15, 0.2) is 11.6 Å². The maximum atomic E-state index is 11.0. The first-order valence-electron chi connectivity index (χ1n) is 3.70. The SMILES string of the molecule is COC(=O)C(C)Cc1nccs1. The Balaban J connectivity index is 2.47. The second kappa shape index (κ2) is 4.21. The van der Waals surface area contributed by atoms with Crippen LogP contribution in [0.5, 0.6) is 0 Å². The zero-order chi connectivity index (χ0) is 8.97. The molecule has 1 aromatic rings. The molecule has 0 radical (unpaired) electrons. The summed E-state index contributed by atoms with van der Waals surface area (Å²) in [4.78, 5) is 15.1. The lowest BCUT2D eigenvalue weighted by atomic mass is 10.1. The van der Waals surface area contributed by atoms with Gasteiger partial charge in [0.25, 0.3) is 0 Å². The topological polar surface area (TPSA) is 39.2 Å². The van der Waals surface area contributed by atoms with E-state index in [-0.39, 0.29) is 11.9 Å². The molecule has 66 valence electrons. The van der Waals surface area contributed by atoms with E-state index in [0.717, 1.165) is 5.01 Å². The number of aromatic nitrogens is 1. The maximum Gasteiger partial charge on any atom is 0.308 e. The summed E-state index contributed by atoms with van der Waals surface area (Å²) < 4.78 is 4.60. The Morgan fingerprint density at radius 2 is 2.58 bits per heavy atom. The molecule has 0 amide bonds. The van der Waals surface area contributed by atoms with E-state index in [2.05, 4.69) is 9.72 Å². The third-order valence-electron chi connectivity index (χ3n) is 1.57. The van der Waals surface area contributed by atoms with Crippen molar-refractivity contribution in [3.05, 3.63) is 16.6 Å². The number of carbonyl (C=O) groups excluding carboxylic acids is 1. The summed E-state index contributed by atoms with van der Waals surface area (Å²) in [6.07, 6.45) is 2.41. The highest BCUT2D eigenvalue weighted by atomic mass is 32.1. The predicted octanol–water partition coefficient (Wildman–Crippen LogP) is 1.49. The summed E-state index contributed by atoms with van der Waals surface area (Å²) >= 11 is 1.56. The van der Waals surface area contributed by atoms with E-state index in [1.54, 1.807) is 17.5 Å². The van der Waals surface area contributed by atoms with Crippen LogP contribution in [0.4, 0.5) is 0 Å². The van der Waals surface area contributed by atoms with Crippen molar-refractivity contribution in [3.8, 4) is 0 Å². The van der Waals surface area contributed by atoms with Crippen molar-refractivity contribution in [2.45, 2.75) is 13.3 Å². The number of esters is 1. The van der Waals surface area contributed by atoms with Gasteiger partial charge in [0, 0.05) is 18.0 Å². The van der Waals surface area contributed by atoms with Crippen molar-refractivity contribution >= 4 is 17.3 Å². The first-order chi connectivity index (χ1) is 5.74. The lowest BCUT2D eigenvalue weighted by molar-refractivity contribution is -0.144. The zero-order valence-corrected chi connectivity index (χ0v) is 7.93. The van der Waals surface area contributed by atoms with Gasteiger partial charge in [0.1, 0.15) is 0 Å². The molecule has 12 heavy (non-hydrogen) atoms. The number of thiazole rings is 1. The smallest absolute Gasteiger partial charge is 0.308 e. The lowest BCUT2D eigenvalue weighted by Crippen LogP contribution is -2.14. The Kier molecular flexibility index (Phi) is 3.22. The summed E-state index contributed by atoms with van der Waals surface area (Å²) in [6.45, 7) is 1.84. The fraction of sp³-hybridized carbons (Fsp3) is 0.500. The Morgan fingerprint density at radius 1 is 1.83 bits per heavy atom. The van der Waals surface area contributed by atoms with Gasteiger partial charge in [0.15, 0.2) is 0 Å². The van der Waals surface area contributed by atoms with Crippen molar-refractivity contribution in [2.24, 2.45) is 5.92 Å². The minimum absolute atomic E-state index is 0.0962. The standard InChI is InChI=1S/C8H11NO2S/c1-6(8(10)11-2)5-7-9-3-4-12-7/h3-4,6H,5H2,1-2H3. The number of hydrogen-bond donors (Lipinski definition) is 0. The van der Waals surface area contributed by atoms with Crippen LogP contribution in [0.2, 0.25) is 0 Å². The van der Waals surface area contributed by atoms with Gasteiger partial charge in [0.2, 0.25) is 0 Å². The van der Waals surface area contributed by atoms with Gasteiger partial charge in [0.05, 0.1) is 18.0 Å². The van der Waals surface area contributed by atoms with Crippen molar-refractivity contribution in [3.63, 3.8) is 0 Å². The van der Waals surface area contributed by atoms with Crippen LogP contribution in [0.25, 0.3) is 0 Å². The van der Waals surface area contributed by atoms with Gasteiger partial charge < -0.3 is 4.74 Å². The Hall–Kier alpha value is -0.900. The van der Waals surface area contributed by atoms with Crippen molar-refractivity contribution in [2.75, 3.05) is 7.11 Å². The minimum atomic E-state index is -0.176. The van der Waals surface area contributed by atoms with Crippen molar-refractivity contribution in [1.82, 2.24) is 4.98 Å². The number of rotatable bonds is 3. The highest BCUT2D eigenvalue weighted by molar-refractivity contribution is 7.09. The molecule has 0 aliphatic rings. The molecule has 1 atom stereocenters. The first kappa shape index (κ1) is 9.19. The van der Waals surface area contributed by atoms with Crippen LogP contribution < -0.4 is 0 Å². The normalized spacial score (nSPS) is 12.5. The molecule has 0 aliphatic heterocycles. The highest BCUT2D eigenvalue weighted by Crippen LogP contribution is 2.11. The zero-order valence-electron chi connectivity index (χ0n) is 7.11. The van der Waals surface area contributed by atoms with Crippen LogP contribution in [-0.4, -0.2) is 18.1 Å². The van der Waals surface area contributed by atoms with Gasteiger partial charge >= 0.3 is 5.97 Å². The lowest BCUT2D eigenvalue weighted by Gasteiger charge is -2.05. The van der Waals surface area contributed by atoms with E-state index in [1.165, 1.54) is 7.11 Å². The molecule has 1 rings (SSSR count). The summed E-state index contributed by atoms with van der Waals surface area (Å²) in [5.41, 5.74) is 0. The Morgan fingerprint density at radius 3 is 3.08 bits per heavy atom. The number of hydrogen-bond acceptors (Lipinski definition) is 4. The Labute approximate surface area is 75.4 Å². The highest BCUT2D eigenvalue weighted by Gasteiger charge is 2.14. The first-order valence-corrected chi connectivity index (χ1v) is 4.58. The van der Waals surface area contributed by atoms with Gasteiger partial charge in [-0.25, -0.2) is 4.98 Å². The largest absolute Gasteiger partial charge is 0.469 e. The molecule has 1 aromatic heterocycles. The average molecular weight is 185 g/mol. The van der Waals surface area contributed by atoms with E-state index in [1.807, 2.05) is 12.3 Å². The molecule has 0 saturated heterocycles. The Bertz CT molecular complexity index is 246. The quantitative estimate of drug-likeness (QED) is 0.670. The summed E-state index contributed by atoms with van der Waals surface area (Å²) in [6, 6.07) is 0. The average Bonchev–Trinajstić information content (AvgIpc) is 2.55. The van der Waals surface area contributed by atoms with E-state index in [4.69, 9.17) is 0 Å². The van der Waals surface area contributed by atoms with Gasteiger partial charge in [-0.05, 0) is 0 Å². The second-order valence-corrected chi connectivity index (χ2v) is 3.53. The van der Waals surface area contributed by atoms with Gasteiger partial charge in [-0.2, -0.15) is 0 Å². The molecule has 0 saturated carbocycles. The molecular weight excluding hydrogens is 174 g/mol. The molecule has 0 spiro atoms.